The zero-order chi connectivity index (χ0) is 21.0. The second-order valence-electron chi connectivity index (χ2n) is 6.52. The number of carboxylic acids is 1. The average molecular weight is 424 g/mol. The van der Waals surface area contributed by atoms with E-state index in [0.29, 0.717) is 24.0 Å². The van der Waals surface area contributed by atoms with Crippen molar-refractivity contribution < 1.29 is 27.8 Å². The van der Waals surface area contributed by atoms with E-state index >= 15 is 0 Å². The first-order chi connectivity index (χ1) is 13.7. The molecule has 0 aliphatic heterocycles. The quantitative estimate of drug-likeness (QED) is 0.514. The number of rotatable bonds is 7. The number of nitrogens with zero attached hydrogens (tertiary/aromatic N) is 1. The lowest BCUT2D eigenvalue weighted by molar-refractivity contribution is -0.141. The van der Waals surface area contributed by atoms with Gasteiger partial charge in [-0.3, -0.25) is 4.79 Å². The number of aromatic nitrogens is 1. The van der Waals surface area contributed by atoms with E-state index in [1.54, 1.807) is 24.3 Å². The Bertz CT molecular complexity index is 1020. The number of carbonyl (C=O) groups is 1. The molecular formula is C21H17ClF3NO3. The monoisotopic (exact) mass is 423 g/mol. The van der Waals surface area contributed by atoms with E-state index in [1.807, 2.05) is 12.1 Å². The summed E-state index contributed by atoms with van der Waals surface area (Å²) in [6.07, 6.45) is -3.19. The molecule has 2 aromatic carbocycles. The van der Waals surface area contributed by atoms with Crippen LogP contribution in [0.25, 0.3) is 10.9 Å². The minimum atomic E-state index is -4.56. The molecule has 0 unspecified atom stereocenters. The first-order valence-corrected chi connectivity index (χ1v) is 9.20. The van der Waals surface area contributed by atoms with Crippen molar-refractivity contribution in [3.05, 3.63) is 70.4 Å². The van der Waals surface area contributed by atoms with Gasteiger partial charge in [0.2, 0.25) is 0 Å². The molecule has 0 saturated heterocycles. The van der Waals surface area contributed by atoms with Gasteiger partial charge in [0.25, 0.3) is 0 Å². The zero-order valence-corrected chi connectivity index (χ0v) is 15.9. The van der Waals surface area contributed by atoms with E-state index in [9.17, 15) is 18.0 Å². The van der Waals surface area contributed by atoms with Crippen molar-refractivity contribution in [1.29, 1.82) is 0 Å². The van der Waals surface area contributed by atoms with Crippen LogP contribution in [-0.4, -0.2) is 16.1 Å². The van der Waals surface area contributed by atoms with Crippen LogP contribution in [0.3, 0.4) is 0 Å². The third-order valence-corrected chi connectivity index (χ3v) is 4.61. The SMILES string of the molecule is O=C(O)CCCc1ccc(OCc2ccc3nc(C(F)(F)F)cc(Cl)c3c2)cc1. The topological polar surface area (TPSA) is 59.4 Å². The van der Waals surface area contributed by atoms with Crippen molar-refractivity contribution in [2.45, 2.75) is 32.0 Å². The number of alkyl halides is 3. The van der Waals surface area contributed by atoms with Gasteiger partial charge in [0, 0.05) is 11.8 Å². The molecular weight excluding hydrogens is 407 g/mol. The van der Waals surface area contributed by atoms with Crippen LogP contribution in [0, 0.1) is 0 Å². The highest BCUT2D eigenvalue weighted by molar-refractivity contribution is 6.35. The fraction of sp³-hybridized carbons (Fsp3) is 0.238. The molecule has 4 nitrogen and oxygen atoms in total. The predicted molar refractivity (Wildman–Crippen MR) is 103 cm³/mol. The molecule has 0 bridgehead atoms. The van der Waals surface area contributed by atoms with Gasteiger partial charge in [-0.1, -0.05) is 29.8 Å². The van der Waals surface area contributed by atoms with E-state index in [0.717, 1.165) is 17.2 Å². The normalized spacial score (nSPS) is 11.6. The first kappa shape index (κ1) is 20.9. The van der Waals surface area contributed by atoms with Crippen molar-refractivity contribution in [2.75, 3.05) is 0 Å². The number of benzene rings is 2. The molecule has 3 aromatic rings. The zero-order valence-electron chi connectivity index (χ0n) is 15.2. The molecule has 0 fully saturated rings. The number of hydrogen-bond donors (Lipinski definition) is 1. The van der Waals surface area contributed by atoms with E-state index in [4.69, 9.17) is 21.4 Å². The summed E-state index contributed by atoms with van der Waals surface area (Å²) >= 11 is 6.02. The van der Waals surface area contributed by atoms with E-state index in [2.05, 4.69) is 4.98 Å². The summed E-state index contributed by atoms with van der Waals surface area (Å²) in [7, 11) is 0. The smallest absolute Gasteiger partial charge is 0.433 e. The summed E-state index contributed by atoms with van der Waals surface area (Å²) in [6.45, 7) is 0.214. The molecule has 29 heavy (non-hydrogen) atoms. The fourth-order valence-corrected chi connectivity index (χ4v) is 3.08. The number of fused-ring (bicyclic) bond motifs is 1. The van der Waals surface area contributed by atoms with Crippen molar-refractivity contribution in [2.24, 2.45) is 0 Å². The van der Waals surface area contributed by atoms with Crippen molar-refractivity contribution >= 4 is 28.5 Å². The number of aryl methyl sites for hydroxylation is 1. The number of halogens is 4. The van der Waals surface area contributed by atoms with Gasteiger partial charge in [0.1, 0.15) is 18.1 Å². The number of aliphatic carboxylic acids is 1. The van der Waals surface area contributed by atoms with E-state index < -0.39 is 17.8 Å². The van der Waals surface area contributed by atoms with Crippen LogP contribution >= 0.6 is 11.6 Å². The maximum absolute atomic E-state index is 12.8. The van der Waals surface area contributed by atoms with Gasteiger partial charge in [0.05, 0.1) is 10.5 Å². The number of hydrogen-bond acceptors (Lipinski definition) is 3. The molecule has 1 aromatic heterocycles. The highest BCUT2D eigenvalue weighted by atomic mass is 35.5. The van der Waals surface area contributed by atoms with Gasteiger partial charge in [-0.05, 0) is 54.3 Å². The van der Waals surface area contributed by atoms with Crippen molar-refractivity contribution in [3.63, 3.8) is 0 Å². The number of ether oxygens (including phenoxy) is 1. The second-order valence-corrected chi connectivity index (χ2v) is 6.93. The van der Waals surface area contributed by atoms with E-state index in [-0.39, 0.29) is 23.6 Å². The van der Waals surface area contributed by atoms with Gasteiger partial charge in [-0.15, -0.1) is 0 Å². The van der Waals surface area contributed by atoms with Gasteiger partial charge in [0.15, 0.2) is 0 Å². The molecule has 1 N–H and O–H groups in total. The lowest BCUT2D eigenvalue weighted by Crippen LogP contribution is -2.08. The highest BCUT2D eigenvalue weighted by Gasteiger charge is 2.33. The van der Waals surface area contributed by atoms with Crippen LogP contribution in [0.4, 0.5) is 13.2 Å². The lowest BCUT2D eigenvalue weighted by Gasteiger charge is -2.11. The maximum Gasteiger partial charge on any atom is 0.433 e. The standard InChI is InChI=1S/C21H17ClF3NO3/c22-17-11-19(21(23,24)25)26-18-9-6-14(10-16(17)18)12-29-15-7-4-13(5-8-15)2-1-3-20(27)28/h4-11H,1-3,12H2,(H,27,28). The Morgan fingerprint density at radius 3 is 2.41 bits per heavy atom. The van der Waals surface area contributed by atoms with Gasteiger partial charge in [-0.25, -0.2) is 4.98 Å². The molecule has 3 rings (SSSR count). The highest BCUT2D eigenvalue weighted by Crippen LogP contribution is 2.33. The third-order valence-electron chi connectivity index (χ3n) is 4.30. The maximum atomic E-state index is 12.8. The minimum absolute atomic E-state index is 0.0186. The summed E-state index contributed by atoms with van der Waals surface area (Å²) < 4.78 is 44.3. The van der Waals surface area contributed by atoms with Gasteiger partial charge >= 0.3 is 12.1 Å². The Morgan fingerprint density at radius 1 is 1.07 bits per heavy atom. The third kappa shape index (κ3) is 5.60. The van der Waals surface area contributed by atoms with Crippen LogP contribution in [0.2, 0.25) is 5.02 Å². The van der Waals surface area contributed by atoms with Gasteiger partial charge < -0.3 is 9.84 Å². The molecule has 0 spiro atoms. The van der Waals surface area contributed by atoms with Crippen LogP contribution in [-0.2, 0) is 24.0 Å². The summed E-state index contributed by atoms with van der Waals surface area (Å²) in [5.74, 6) is -0.186. The number of carboxylic acid groups (broad SMARTS) is 1. The Labute approximate surface area is 169 Å². The van der Waals surface area contributed by atoms with Crippen molar-refractivity contribution in [3.8, 4) is 5.75 Å². The molecule has 0 saturated carbocycles. The van der Waals surface area contributed by atoms with Crippen molar-refractivity contribution in [1.82, 2.24) is 4.98 Å². The predicted octanol–water partition coefficient (Wildman–Crippen LogP) is 5.89. The molecule has 1 heterocycles. The Kier molecular flexibility index (Phi) is 6.27. The van der Waals surface area contributed by atoms with Crippen LogP contribution in [0.5, 0.6) is 5.75 Å². The Hall–Kier alpha value is -2.80. The molecule has 0 radical (unpaired) electrons. The summed E-state index contributed by atoms with van der Waals surface area (Å²) in [4.78, 5) is 14.2. The molecule has 152 valence electrons. The second kappa shape index (κ2) is 8.69. The molecule has 0 aliphatic rings. The van der Waals surface area contributed by atoms with Crippen LogP contribution in [0.1, 0.15) is 29.7 Å². The Morgan fingerprint density at radius 2 is 1.76 bits per heavy atom. The molecule has 8 heteroatoms. The molecule has 0 atom stereocenters. The minimum Gasteiger partial charge on any atom is -0.489 e. The largest absolute Gasteiger partial charge is 0.489 e. The van der Waals surface area contributed by atoms with Crippen LogP contribution in [0.15, 0.2) is 48.5 Å². The summed E-state index contributed by atoms with van der Waals surface area (Å²) in [6, 6.07) is 12.9. The first-order valence-electron chi connectivity index (χ1n) is 8.82. The fourth-order valence-electron chi connectivity index (χ4n) is 2.83. The van der Waals surface area contributed by atoms with Gasteiger partial charge in [-0.2, -0.15) is 13.2 Å². The summed E-state index contributed by atoms with van der Waals surface area (Å²) in [5.41, 5.74) is 0.899. The summed E-state index contributed by atoms with van der Waals surface area (Å²) in [5, 5.41) is 9.07. The lowest BCUT2D eigenvalue weighted by atomic mass is 10.1. The average Bonchev–Trinajstić information content (AvgIpc) is 2.66. The van der Waals surface area contributed by atoms with Crippen LogP contribution < -0.4 is 4.74 Å². The Balaban J connectivity index is 1.66. The molecule has 0 amide bonds. The molecule has 0 aliphatic carbocycles. The number of pyridine rings is 1. The van der Waals surface area contributed by atoms with E-state index in [1.165, 1.54) is 6.07 Å².